The van der Waals surface area contributed by atoms with Crippen LogP contribution in [0.2, 0.25) is 0 Å². The summed E-state index contributed by atoms with van der Waals surface area (Å²) in [6, 6.07) is 3.84. The van der Waals surface area contributed by atoms with Crippen molar-refractivity contribution in [2.24, 2.45) is 0 Å². The zero-order valence-corrected chi connectivity index (χ0v) is 6.33. The molecule has 57 valence electrons. The van der Waals surface area contributed by atoms with Gasteiger partial charge in [-0.3, -0.25) is 4.98 Å². The van der Waals surface area contributed by atoms with Crippen LogP contribution in [0.25, 0.3) is 0 Å². The second-order valence-corrected chi connectivity index (χ2v) is 2.35. The van der Waals surface area contributed by atoms with E-state index < -0.39 is 0 Å². The maximum absolute atomic E-state index is 7.10. The van der Waals surface area contributed by atoms with E-state index in [1.807, 2.05) is 12.1 Å². The molecule has 0 aliphatic rings. The molecule has 0 saturated heterocycles. The lowest BCUT2D eigenvalue weighted by atomic mass is 10.00. The van der Waals surface area contributed by atoms with Crippen LogP contribution in [0.15, 0.2) is 24.5 Å². The normalized spacial score (nSPS) is 12.5. The van der Waals surface area contributed by atoms with Gasteiger partial charge in [0.05, 0.1) is 0 Å². The lowest BCUT2D eigenvalue weighted by molar-refractivity contribution is 0.909. The molecule has 1 N–H and O–H groups in total. The molecule has 0 saturated carbocycles. The first-order valence-corrected chi connectivity index (χ1v) is 3.58. The van der Waals surface area contributed by atoms with Crippen molar-refractivity contribution >= 4 is 6.21 Å². The van der Waals surface area contributed by atoms with Crippen LogP contribution in [0, 0.1) is 12.3 Å². The van der Waals surface area contributed by atoms with Crippen molar-refractivity contribution in [2.75, 3.05) is 0 Å². The summed E-state index contributed by atoms with van der Waals surface area (Å²) in [5.74, 6) is 0.128. The Morgan fingerprint density at radius 2 is 2.55 bits per heavy atom. The molecular weight excluding hydrogens is 136 g/mol. The summed E-state index contributed by atoms with van der Waals surface area (Å²) in [6.07, 6.45) is 5.63. The molecule has 0 fully saturated rings. The van der Waals surface area contributed by atoms with Crippen LogP contribution in [-0.2, 0) is 0 Å². The molecule has 1 radical (unpaired) electrons. The number of hydrogen-bond donors (Lipinski definition) is 1. The summed E-state index contributed by atoms with van der Waals surface area (Å²) in [5.41, 5.74) is 1.07. The molecule has 1 rings (SSSR count). The van der Waals surface area contributed by atoms with Crippen molar-refractivity contribution in [3.05, 3.63) is 37.0 Å². The Balaban J connectivity index is 2.82. The van der Waals surface area contributed by atoms with Gasteiger partial charge in [0, 0.05) is 24.5 Å². The maximum atomic E-state index is 7.10. The highest BCUT2D eigenvalue weighted by Crippen LogP contribution is 2.14. The van der Waals surface area contributed by atoms with E-state index >= 15 is 0 Å². The van der Waals surface area contributed by atoms with Crippen molar-refractivity contribution in [2.45, 2.75) is 12.3 Å². The summed E-state index contributed by atoms with van der Waals surface area (Å²) in [4.78, 5) is 3.97. The predicted molar refractivity (Wildman–Crippen MR) is 45.7 cm³/mol. The van der Waals surface area contributed by atoms with Crippen LogP contribution >= 0.6 is 0 Å². The van der Waals surface area contributed by atoms with Gasteiger partial charge in [-0.05, 0) is 18.1 Å². The fourth-order valence-corrected chi connectivity index (χ4v) is 0.942. The minimum absolute atomic E-state index is 0.128. The molecule has 2 heteroatoms. The number of pyridine rings is 1. The van der Waals surface area contributed by atoms with Gasteiger partial charge in [0.25, 0.3) is 0 Å². The van der Waals surface area contributed by atoms with Gasteiger partial charge in [-0.2, -0.15) is 0 Å². The quantitative estimate of drug-likeness (QED) is 0.652. The number of nitrogens with one attached hydrogen (secondary N) is 1. The maximum Gasteiger partial charge on any atom is 0.0306 e. The molecule has 11 heavy (non-hydrogen) atoms. The van der Waals surface area contributed by atoms with Crippen LogP contribution in [0.3, 0.4) is 0 Å². The third-order valence-corrected chi connectivity index (χ3v) is 1.62. The van der Waals surface area contributed by atoms with E-state index in [0.717, 1.165) is 12.0 Å². The Bertz CT molecular complexity index is 218. The first kappa shape index (κ1) is 7.92. The minimum atomic E-state index is 0.128. The summed E-state index contributed by atoms with van der Waals surface area (Å²) in [6.45, 7) is 3.75. The summed E-state index contributed by atoms with van der Waals surface area (Å²) in [5, 5.41) is 7.10. The Kier molecular flexibility index (Phi) is 2.78. The molecule has 0 spiro atoms. The van der Waals surface area contributed by atoms with E-state index in [4.69, 9.17) is 5.41 Å². The molecule has 0 amide bonds. The lowest BCUT2D eigenvalue weighted by Gasteiger charge is -2.06. The second kappa shape index (κ2) is 3.86. The van der Waals surface area contributed by atoms with Gasteiger partial charge >= 0.3 is 0 Å². The van der Waals surface area contributed by atoms with Crippen LogP contribution in [-0.4, -0.2) is 11.2 Å². The average Bonchev–Trinajstić information content (AvgIpc) is 2.09. The van der Waals surface area contributed by atoms with E-state index in [2.05, 4.69) is 11.9 Å². The van der Waals surface area contributed by atoms with Gasteiger partial charge in [-0.25, -0.2) is 0 Å². The van der Waals surface area contributed by atoms with Gasteiger partial charge in [0.15, 0.2) is 0 Å². The summed E-state index contributed by atoms with van der Waals surface area (Å²) in [7, 11) is 0. The number of nitrogens with zero attached hydrogens (tertiary/aromatic N) is 1. The third kappa shape index (κ3) is 1.87. The largest absolute Gasteiger partial charge is 0.312 e. The van der Waals surface area contributed by atoms with E-state index in [1.54, 1.807) is 12.4 Å². The molecule has 0 bridgehead atoms. The predicted octanol–water partition coefficient (Wildman–Crippen LogP) is 2.04. The van der Waals surface area contributed by atoms with Crippen molar-refractivity contribution in [1.82, 2.24) is 4.98 Å². The number of aromatic nitrogens is 1. The van der Waals surface area contributed by atoms with Crippen molar-refractivity contribution in [3.8, 4) is 0 Å². The van der Waals surface area contributed by atoms with E-state index in [1.165, 1.54) is 6.21 Å². The van der Waals surface area contributed by atoms with Crippen LogP contribution in [0.1, 0.15) is 17.9 Å². The van der Waals surface area contributed by atoms with E-state index in [9.17, 15) is 0 Å². The molecule has 1 atom stereocenters. The first-order chi connectivity index (χ1) is 5.38. The van der Waals surface area contributed by atoms with E-state index in [-0.39, 0.29) is 5.92 Å². The lowest BCUT2D eigenvalue weighted by Crippen LogP contribution is -1.97. The monoisotopic (exact) mass is 147 g/mol. The fraction of sp³-hybridized carbons (Fsp3) is 0.222. The van der Waals surface area contributed by atoms with E-state index in [0.29, 0.717) is 0 Å². The Morgan fingerprint density at radius 1 is 1.73 bits per heavy atom. The van der Waals surface area contributed by atoms with Crippen molar-refractivity contribution in [1.29, 1.82) is 5.41 Å². The molecular formula is C9H11N2. The van der Waals surface area contributed by atoms with Gasteiger partial charge in [0.2, 0.25) is 0 Å². The standard InChI is InChI=1S/C9H11N2/c1-2-8(6-10)9-4-3-5-11-7-9/h3-8,10H,1-2H2. The fourth-order valence-electron chi connectivity index (χ4n) is 0.942. The zero-order valence-electron chi connectivity index (χ0n) is 6.33. The molecule has 1 aromatic heterocycles. The Morgan fingerprint density at radius 3 is 3.00 bits per heavy atom. The smallest absolute Gasteiger partial charge is 0.0306 e. The minimum Gasteiger partial charge on any atom is -0.312 e. The molecule has 2 nitrogen and oxygen atoms in total. The molecule has 0 aliphatic heterocycles. The van der Waals surface area contributed by atoms with Crippen LogP contribution in [0.4, 0.5) is 0 Å². The summed E-state index contributed by atoms with van der Waals surface area (Å²) >= 11 is 0. The van der Waals surface area contributed by atoms with Gasteiger partial charge in [-0.1, -0.05) is 13.0 Å². The Labute approximate surface area is 66.8 Å². The summed E-state index contributed by atoms with van der Waals surface area (Å²) < 4.78 is 0. The van der Waals surface area contributed by atoms with Crippen molar-refractivity contribution < 1.29 is 0 Å². The highest BCUT2D eigenvalue weighted by Gasteiger charge is 2.03. The first-order valence-electron chi connectivity index (χ1n) is 3.58. The van der Waals surface area contributed by atoms with Crippen molar-refractivity contribution in [3.63, 3.8) is 0 Å². The molecule has 1 aromatic rings. The highest BCUT2D eigenvalue weighted by atomic mass is 14.6. The zero-order chi connectivity index (χ0) is 8.10. The number of hydrogen-bond acceptors (Lipinski definition) is 2. The molecule has 1 heterocycles. The highest BCUT2D eigenvalue weighted by molar-refractivity contribution is 5.64. The van der Waals surface area contributed by atoms with Crippen LogP contribution < -0.4 is 0 Å². The number of rotatable bonds is 3. The topological polar surface area (TPSA) is 36.7 Å². The van der Waals surface area contributed by atoms with Gasteiger partial charge in [0.1, 0.15) is 0 Å². The Hall–Kier alpha value is -1.18. The SMILES string of the molecule is [CH2]CC(C=N)c1cccnc1. The van der Waals surface area contributed by atoms with Gasteiger partial charge < -0.3 is 5.41 Å². The second-order valence-electron chi connectivity index (χ2n) is 2.35. The van der Waals surface area contributed by atoms with Gasteiger partial charge in [-0.15, -0.1) is 0 Å². The van der Waals surface area contributed by atoms with Crippen LogP contribution in [0.5, 0.6) is 0 Å². The molecule has 1 unspecified atom stereocenters. The molecule has 0 aromatic carbocycles. The average molecular weight is 147 g/mol. The molecule has 0 aliphatic carbocycles. The third-order valence-electron chi connectivity index (χ3n) is 1.62.